The molecule has 1 aromatic carbocycles. The van der Waals surface area contributed by atoms with Crippen LogP contribution in [0.5, 0.6) is 5.75 Å². The van der Waals surface area contributed by atoms with Gasteiger partial charge in [-0.25, -0.2) is 0 Å². The summed E-state index contributed by atoms with van der Waals surface area (Å²) in [4.78, 5) is 2.24. The van der Waals surface area contributed by atoms with E-state index < -0.39 is 0 Å². The van der Waals surface area contributed by atoms with Crippen molar-refractivity contribution in [3.05, 3.63) is 18.2 Å². The zero-order chi connectivity index (χ0) is 14.4. The van der Waals surface area contributed by atoms with Crippen molar-refractivity contribution in [3.8, 4) is 5.75 Å². The number of ether oxygens (including phenoxy) is 1. The molecule has 1 rings (SSSR count). The minimum Gasteiger partial charge on any atom is -0.491 e. The number of benzene rings is 1. The molecule has 0 bridgehead atoms. The van der Waals surface area contributed by atoms with Gasteiger partial charge in [0.15, 0.2) is 0 Å². The van der Waals surface area contributed by atoms with Gasteiger partial charge in [-0.1, -0.05) is 26.8 Å². The third-order valence-corrected chi connectivity index (χ3v) is 3.36. The van der Waals surface area contributed by atoms with Crippen molar-refractivity contribution in [2.24, 2.45) is 5.92 Å². The van der Waals surface area contributed by atoms with Crippen LogP contribution in [0.1, 0.15) is 40.5 Å². The first-order valence-corrected chi connectivity index (χ1v) is 7.21. The third kappa shape index (κ3) is 4.34. The van der Waals surface area contributed by atoms with Gasteiger partial charge >= 0.3 is 0 Å². The molecule has 0 aliphatic rings. The number of para-hydroxylation sites is 1. The molecule has 1 aromatic rings. The third-order valence-electron chi connectivity index (χ3n) is 3.36. The Hall–Kier alpha value is -1.38. The van der Waals surface area contributed by atoms with E-state index >= 15 is 0 Å². The molecule has 3 heteroatoms. The fourth-order valence-corrected chi connectivity index (χ4v) is 2.26. The largest absolute Gasteiger partial charge is 0.491 e. The maximum absolute atomic E-state index is 6.23. The Bertz CT molecular complexity index is 390. The summed E-state index contributed by atoms with van der Waals surface area (Å²) < 4.78 is 5.69. The first-order chi connectivity index (χ1) is 8.97. The van der Waals surface area contributed by atoms with Gasteiger partial charge in [-0.2, -0.15) is 0 Å². The molecule has 0 heterocycles. The summed E-state index contributed by atoms with van der Waals surface area (Å²) in [6, 6.07) is 6.47. The number of rotatable bonds is 7. The summed E-state index contributed by atoms with van der Waals surface area (Å²) in [7, 11) is 2.10. The van der Waals surface area contributed by atoms with E-state index in [1.807, 2.05) is 12.1 Å². The maximum Gasteiger partial charge on any atom is 0.144 e. The van der Waals surface area contributed by atoms with Crippen LogP contribution in [0.15, 0.2) is 18.2 Å². The maximum atomic E-state index is 6.23. The van der Waals surface area contributed by atoms with Crippen LogP contribution in [-0.4, -0.2) is 19.7 Å². The van der Waals surface area contributed by atoms with Crippen molar-refractivity contribution in [3.63, 3.8) is 0 Å². The van der Waals surface area contributed by atoms with E-state index in [9.17, 15) is 0 Å². The zero-order valence-corrected chi connectivity index (χ0v) is 12.9. The molecule has 1 unspecified atom stereocenters. The predicted molar refractivity (Wildman–Crippen MR) is 84.0 cm³/mol. The van der Waals surface area contributed by atoms with Gasteiger partial charge in [-0.3, -0.25) is 0 Å². The van der Waals surface area contributed by atoms with Crippen molar-refractivity contribution in [1.29, 1.82) is 0 Å². The minimum absolute atomic E-state index is 0.462. The lowest BCUT2D eigenvalue weighted by Crippen LogP contribution is -2.30. The molecule has 0 fully saturated rings. The summed E-state index contributed by atoms with van der Waals surface area (Å²) in [5, 5.41) is 0. The number of anilines is 2. The highest BCUT2D eigenvalue weighted by Gasteiger charge is 2.15. The van der Waals surface area contributed by atoms with E-state index in [-0.39, 0.29) is 0 Å². The Morgan fingerprint density at radius 1 is 1.26 bits per heavy atom. The Morgan fingerprint density at radius 3 is 2.53 bits per heavy atom. The average Bonchev–Trinajstić information content (AvgIpc) is 2.36. The van der Waals surface area contributed by atoms with Crippen LogP contribution < -0.4 is 15.4 Å². The van der Waals surface area contributed by atoms with Gasteiger partial charge in [0, 0.05) is 13.1 Å². The average molecular weight is 264 g/mol. The normalized spacial score (nSPS) is 12.5. The number of nitrogens with zero attached hydrogens (tertiary/aromatic N) is 1. The predicted octanol–water partition coefficient (Wildman–Crippen LogP) is 3.93. The molecule has 2 N–H and O–H groups in total. The van der Waals surface area contributed by atoms with Crippen LogP contribution >= 0.6 is 0 Å². The first kappa shape index (κ1) is 15.7. The van der Waals surface area contributed by atoms with E-state index in [1.54, 1.807) is 0 Å². The van der Waals surface area contributed by atoms with Crippen LogP contribution in [0.3, 0.4) is 0 Å². The lowest BCUT2D eigenvalue weighted by atomic mass is 10.0. The molecular weight excluding hydrogens is 236 g/mol. The quantitative estimate of drug-likeness (QED) is 0.758. The monoisotopic (exact) mass is 264 g/mol. The summed E-state index contributed by atoms with van der Waals surface area (Å²) in [6.07, 6.45) is 2.14. The molecule has 0 aliphatic heterocycles. The topological polar surface area (TPSA) is 38.5 Å². The number of nitrogens with two attached hydrogens (primary N) is 1. The fraction of sp³-hybridized carbons (Fsp3) is 0.625. The second kappa shape index (κ2) is 7.27. The molecule has 0 aliphatic carbocycles. The highest BCUT2D eigenvalue weighted by atomic mass is 16.5. The van der Waals surface area contributed by atoms with Gasteiger partial charge in [0.2, 0.25) is 0 Å². The summed E-state index contributed by atoms with van der Waals surface area (Å²) >= 11 is 0. The highest BCUT2D eigenvalue weighted by Crippen LogP contribution is 2.33. The van der Waals surface area contributed by atoms with Crippen molar-refractivity contribution in [1.82, 2.24) is 0 Å². The molecule has 0 radical (unpaired) electrons. The van der Waals surface area contributed by atoms with Crippen molar-refractivity contribution < 1.29 is 4.74 Å². The zero-order valence-electron chi connectivity index (χ0n) is 12.9. The van der Waals surface area contributed by atoms with E-state index in [4.69, 9.17) is 10.5 Å². The summed E-state index contributed by atoms with van der Waals surface area (Å²) in [5.74, 6) is 1.47. The van der Waals surface area contributed by atoms with Gasteiger partial charge in [-0.15, -0.1) is 0 Å². The Balaban J connectivity index is 2.87. The molecule has 0 amide bonds. The molecule has 0 saturated heterocycles. The van der Waals surface area contributed by atoms with E-state index in [2.05, 4.69) is 45.7 Å². The number of hydrogen-bond donors (Lipinski definition) is 1. The van der Waals surface area contributed by atoms with E-state index in [1.165, 1.54) is 0 Å². The minimum atomic E-state index is 0.462. The van der Waals surface area contributed by atoms with Crippen LogP contribution in [0.2, 0.25) is 0 Å². The van der Waals surface area contributed by atoms with E-state index in [0.717, 1.165) is 30.0 Å². The van der Waals surface area contributed by atoms with Crippen molar-refractivity contribution in [2.75, 3.05) is 24.3 Å². The highest BCUT2D eigenvalue weighted by molar-refractivity contribution is 5.74. The number of nitrogen functional groups attached to an aromatic ring is 1. The Labute approximate surface area is 117 Å². The van der Waals surface area contributed by atoms with Gasteiger partial charge in [-0.05, 0) is 37.8 Å². The molecule has 0 spiro atoms. The van der Waals surface area contributed by atoms with Crippen LogP contribution in [0.25, 0.3) is 0 Å². The summed E-state index contributed by atoms with van der Waals surface area (Å²) in [6.45, 7) is 9.53. The van der Waals surface area contributed by atoms with Gasteiger partial charge in [0.05, 0.1) is 18.0 Å². The van der Waals surface area contributed by atoms with E-state index in [0.29, 0.717) is 18.6 Å². The van der Waals surface area contributed by atoms with Crippen LogP contribution in [0, 0.1) is 5.92 Å². The van der Waals surface area contributed by atoms with Crippen molar-refractivity contribution >= 4 is 11.4 Å². The standard InChI is InChI=1S/C16H28N2O/c1-6-10-19-15-9-7-8-14(16(15)17)18(5)13(4)11-12(2)3/h7-9,12-13H,6,10-11,17H2,1-5H3. The Kier molecular flexibility index (Phi) is 6.00. The lowest BCUT2D eigenvalue weighted by molar-refractivity contribution is 0.319. The van der Waals surface area contributed by atoms with Gasteiger partial charge in [0.25, 0.3) is 0 Å². The molecule has 19 heavy (non-hydrogen) atoms. The second-order valence-electron chi connectivity index (χ2n) is 5.63. The second-order valence-corrected chi connectivity index (χ2v) is 5.63. The fourth-order valence-electron chi connectivity index (χ4n) is 2.26. The molecule has 0 aromatic heterocycles. The molecule has 3 nitrogen and oxygen atoms in total. The molecule has 108 valence electrons. The van der Waals surface area contributed by atoms with Crippen LogP contribution in [0.4, 0.5) is 11.4 Å². The number of hydrogen-bond acceptors (Lipinski definition) is 3. The first-order valence-electron chi connectivity index (χ1n) is 7.21. The lowest BCUT2D eigenvalue weighted by Gasteiger charge is -2.30. The summed E-state index contributed by atoms with van der Waals surface area (Å²) in [5.41, 5.74) is 8.03. The van der Waals surface area contributed by atoms with Crippen LogP contribution in [-0.2, 0) is 0 Å². The van der Waals surface area contributed by atoms with Gasteiger partial charge in [0.1, 0.15) is 5.75 Å². The van der Waals surface area contributed by atoms with Gasteiger partial charge < -0.3 is 15.4 Å². The van der Waals surface area contributed by atoms with Crippen molar-refractivity contribution in [2.45, 2.75) is 46.6 Å². The smallest absolute Gasteiger partial charge is 0.144 e. The molecule has 0 saturated carbocycles. The molecular formula is C16H28N2O. The SMILES string of the molecule is CCCOc1cccc(N(C)C(C)CC(C)C)c1N. The Morgan fingerprint density at radius 2 is 1.95 bits per heavy atom. The molecule has 1 atom stereocenters.